The van der Waals surface area contributed by atoms with Crippen LogP contribution in [0, 0.1) is 0 Å². The summed E-state index contributed by atoms with van der Waals surface area (Å²) in [5, 5.41) is 3.16. The van der Waals surface area contributed by atoms with Crippen LogP contribution in [-0.4, -0.2) is 46.8 Å². The molecule has 1 aliphatic carbocycles. The van der Waals surface area contributed by atoms with Crippen molar-refractivity contribution in [2.24, 2.45) is 0 Å². The second-order valence-corrected chi connectivity index (χ2v) is 10.1. The van der Waals surface area contributed by atoms with E-state index in [-0.39, 0.29) is 12.3 Å². The number of hydrogen-bond acceptors (Lipinski definition) is 7. The molecule has 31 heavy (non-hydrogen) atoms. The summed E-state index contributed by atoms with van der Waals surface area (Å²) in [7, 11) is -2.34. The van der Waals surface area contributed by atoms with Gasteiger partial charge in [-0.15, -0.1) is 11.3 Å². The Labute approximate surface area is 186 Å². The van der Waals surface area contributed by atoms with Gasteiger partial charge in [-0.25, -0.2) is 13.2 Å². The molecule has 1 N–H and O–H groups in total. The number of thiophene rings is 1. The minimum absolute atomic E-state index is 0.229. The molecule has 0 atom stereocenters. The lowest BCUT2D eigenvalue weighted by atomic mass is 9.95. The van der Waals surface area contributed by atoms with Gasteiger partial charge in [0.2, 0.25) is 15.9 Å². The fourth-order valence-electron chi connectivity index (χ4n) is 3.59. The highest BCUT2D eigenvalue weighted by Gasteiger charge is 2.29. The number of aryl methyl sites for hydroxylation is 1. The maximum atomic E-state index is 12.9. The summed E-state index contributed by atoms with van der Waals surface area (Å²) >= 11 is 1.36. The first-order valence-electron chi connectivity index (χ1n) is 9.98. The van der Waals surface area contributed by atoms with Crippen molar-refractivity contribution < 1.29 is 27.5 Å². The van der Waals surface area contributed by atoms with Crippen molar-refractivity contribution in [3.8, 4) is 5.75 Å². The van der Waals surface area contributed by atoms with Crippen LogP contribution >= 0.6 is 11.3 Å². The van der Waals surface area contributed by atoms with Crippen LogP contribution in [0.25, 0.3) is 0 Å². The molecule has 2 aromatic rings. The van der Waals surface area contributed by atoms with Crippen LogP contribution in [0.15, 0.2) is 24.3 Å². The Bertz CT molecular complexity index is 1080. The molecule has 3 rings (SSSR count). The maximum Gasteiger partial charge on any atom is 0.341 e. The summed E-state index contributed by atoms with van der Waals surface area (Å²) < 4.78 is 36.3. The van der Waals surface area contributed by atoms with Gasteiger partial charge in [0.05, 0.1) is 31.2 Å². The maximum absolute atomic E-state index is 12.9. The third-order valence-electron chi connectivity index (χ3n) is 4.95. The van der Waals surface area contributed by atoms with E-state index in [0.29, 0.717) is 16.3 Å². The lowest BCUT2D eigenvalue weighted by molar-refractivity contribution is -0.114. The summed E-state index contributed by atoms with van der Waals surface area (Å²) in [6.07, 6.45) is 4.63. The Kier molecular flexibility index (Phi) is 7.22. The van der Waals surface area contributed by atoms with E-state index in [9.17, 15) is 18.0 Å². The quantitative estimate of drug-likeness (QED) is 0.600. The van der Waals surface area contributed by atoms with Crippen molar-refractivity contribution >= 4 is 43.9 Å². The van der Waals surface area contributed by atoms with Gasteiger partial charge in [0.1, 0.15) is 17.3 Å². The summed E-state index contributed by atoms with van der Waals surface area (Å²) in [6, 6.07) is 6.57. The minimum atomic E-state index is -3.77. The van der Waals surface area contributed by atoms with Gasteiger partial charge >= 0.3 is 5.97 Å². The van der Waals surface area contributed by atoms with Gasteiger partial charge in [-0.3, -0.25) is 9.10 Å². The number of carbonyl (C=O) groups excluding carboxylic acids is 2. The number of hydrogen-bond donors (Lipinski definition) is 1. The number of carbonyl (C=O) groups is 2. The zero-order valence-corrected chi connectivity index (χ0v) is 19.4. The molecule has 0 aliphatic heterocycles. The third kappa shape index (κ3) is 5.19. The van der Waals surface area contributed by atoms with Gasteiger partial charge in [0, 0.05) is 4.88 Å². The van der Waals surface area contributed by atoms with Crippen molar-refractivity contribution in [3.05, 3.63) is 40.3 Å². The van der Waals surface area contributed by atoms with E-state index in [2.05, 4.69) is 5.32 Å². The Hall–Kier alpha value is -2.59. The minimum Gasteiger partial charge on any atom is -0.495 e. The zero-order valence-electron chi connectivity index (χ0n) is 17.8. The highest BCUT2D eigenvalue weighted by molar-refractivity contribution is 7.92. The summed E-state index contributed by atoms with van der Waals surface area (Å²) in [6.45, 7) is 1.50. The van der Waals surface area contributed by atoms with Crippen LogP contribution in [-0.2, 0) is 32.4 Å². The third-order valence-corrected chi connectivity index (χ3v) is 7.28. The number of sulfonamides is 1. The largest absolute Gasteiger partial charge is 0.495 e. The number of nitrogens with one attached hydrogen (secondary N) is 1. The normalized spacial score (nSPS) is 13.3. The van der Waals surface area contributed by atoms with Crippen molar-refractivity contribution in [3.63, 3.8) is 0 Å². The molecule has 0 bridgehead atoms. The van der Waals surface area contributed by atoms with Crippen molar-refractivity contribution in [2.45, 2.75) is 32.6 Å². The lowest BCUT2D eigenvalue weighted by Gasteiger charge is -2.23. The van der Waals surface area contributed by atoms with E-state index in [1.54, 1.807) is 31.2 Å². The van der Waals surface area contributed by atoms with Crippen LogP contribution in [0.1, 0.15) is 40.6 Å². The Morgan fingerprint density at radius 2 is 1.90 bits per heavy atom. The Balaban J connectivity index is 1.90. The number of esters is 1. The van der Waals surface area contributed by atoms with Gasteiger partial charge in [-0.1, -0.05) is 12.1 Å². The number of para-hydroxylation sites is 2. The number of benzene rings is 1. The van der Waals surface area contributed by atoms with Crippen LogP contribution in [0.5, 0.6) is 5.75 Å². The van der Waals surface area contributed by atoms with E-state index in [4.69, 9.17) is 9.47 Å². The molecule has 1 aliphatic rings. The molecular formula is C21H26N2O6S2. The molecule has 1 aromatic carbocycles. The number of nitrogens with zero attached hydrogens (tertiary/aromatic N) is 1. The molecule has 168 valence electrons. The topological polar surface area (TPSA) is 102 Å². The van der Waals surface area contributed by atoms with Gasteiger partial charge in [-0.2, -0.15) is 0 Å². The number of rotatable bonds is 8. The molecule has 10 heteroatoms. The highest BCUT2D eigenvalue weighted by Crippen LogP contribution is 2.38. The van der Waals surface area contributed by atoms with Crippen molar-refractivity contribution in [1.82, 2.24) is 0 Å². The molecule has 8 nitrogen and oxygen atoms in total. The molecular weight excluding hydrogens is 440 g/mol. The smallest absolute Gasteiger partial charge is 0.341 e. The van der Waals surface area contributed by atoms with Crippen LogP contribution < -0.4 is 14.4 Å². The molecule has 0 unspecified atom stereocenters. The summed E-state index contributed by atoms with van der Waals surface area (Å²) in [5.74, 6) is -0.693. The second kappa shape index (κ2) is 9.69. The highest BCUT2D eigenvalue weighted by atomic mass is 32.2. The van der Waals surface area contributed by atoms with Crippen LogP contribution in [0.3, 0.4) is 0 Å². The van der Waals surface area contributed by atoms with Crippen LogP contribution in [0.4, 0.5) is 10.7 Å². The predicted molar refractivity (Wildman–Crippen MR) is 121 cm³/mol. The van der Waals surface area contributed by atoms with E-state index in [1.807, 2.05) is 0 Å². The number of fused-ring (bicyclic) bond motifs is 1. The molecule has 1 heterocycles. The van der Waals surface area contributed by atoms with Crippen molar-refractivity contribution in [2.75, 3.05) is 36.1 Å². The Morgan fingerprint density at radius 1 is 1.19 bits per heavy atom. The first kappa shape index (κ1) is 23.1. The number of amides is 1. The zero-order chi connectivity index (χ0) is 22.6. The first-order chi connectivity index (χ1) is 14.8. The number of anilines is 2. The molecule has 0 fully saturated rings. The fourth-order valence-corrected chi connectivity index (χ4v) is 5.74. The SMILES string of the molecule is CCOC(=O)c1c(NC(=O)CN(c2ccccc2OC)S(C)(=O)=O)sc2c1CCCC2. The molecule has 1 amide bonds. The molecule has 0 spiro atoms. The molecule has 0 saturated carbocycles. The molecule has 0 saturated heterocycles. The van der Waals surface area contributed by atoms with E-state index < -0.39 is 28.4 Å². The van der Waals surface area contributed by atoms with E-state index in [1.165, 1.54) is 18.4 Å². The van der Waals surface area contributed by atoms with Gasteiger partial charge in [0.25, 0.3) is 0 Å². The second-order valence-electron chi connectivity index (χ2n) is 7.13. The summed E-state index contributed by atoms with van der Waals surface area (Å²) in [4.78, 5) is 26.5. The van der Waals surface area contributed by atoms with E-state index >= 15 is 0 Å². The lowest BCUT2D eigenvalue weighted by Crippen LogP contribution is -2.37. The average molecular weight is 467 g/mol. The fraction of sp³-hybridized carbons (Fsp3) is 0.429. The van der Waals surface area contributed by atoms with Crippen molar-refractivity contribution in [1.29, 1.82) is 0 Å². The predicted octanol–water partition coefficient (Wildman–Crippen LogP) is 3.22. The van der Waals surface area contributed by atoms with Crippen LogP contribution in [0.2, 0.25) is 0 Å². The monoisotopic (exact) mass is 466 g/mol. The number of methoxy groups -OCH3 is 1. The molecule has 0 radical (unpaired) electrons. The first-order valence-corrected chi connectivity index (χ1v) is 12.6. The van der Waals surface area contributed by atoms with Gasteiger partial charge in [0.15, 0.2) is 0 Å². The van der Waals surface area contributed by atoms with E-state index in [0.717, 1.165) is 46.7 Å². The average Bonchev–Trinajstić information content (AvgIpc) is 3.09. The van der Waals surface area contributed by atoms with Gasteiger partial charge in [-0.05, 0) is 50.3 Å². The van der Waals surface area contributed by atoms with Gasteiger partial charge < -0.3 is 14.8 Å². The Morgan fingerprint density at radius 3 is 2.58 bits per heavy atom. The summed E-state index contributed by atoms with van der Waals surface area (Å²) in [5.41, 5.74) is 1.58. The number of ether oxygens (including phenoxy) is 2. The standard InChI is InChI=1S/C21H26N2O6S2/c1-4-29-21(25)19-14-9-5-8-12-17(14)30-20(19)22-18(24)13-23(31(3,26)27)15-10-6-7-11-16(15)28-2/h6-7,10-11H,4-5,8-9,12-13H2,1-3H3,(H,22,24). The molecule has 1 aromatic heterocycles.